The summed E-state index contributed by atoms with van der Waals surface area (Å²) < 4.78 is 0. The van der Waals surface area contributed by atoms with Crippen molar-refractivity contribution in [2.24, 2.45) is 5.92 Å². The lowest BCUT2D eigenvalue weighted by molar-refractivity contribution is 0.228. The van der Waals surface area contributed by atoms with Crippen LogP contribution in [-0.4, -0.2) is 22.2 Å². The first-order valence-corrected chi connectivity index (χ1v) is 4.29. The molecule has 3 atom stereocenters. The molecule has 0 aliphatic carbocycles. The first-order chi connectivity index (χ1) is 4.40. The highest BCUT2D eigenvalue weighted by Gasteiger charge is 2.35. The van der Waals surface area contributed by atoms with Crippen molar-refractivity contribution < 1.29 is 5.11 Å². The van der Waals surface area contributed by atoms with Crippen molar-refractivity contribution in [1.29, 1.82) is 0 Å². The second kappa shape index (κ2) is 2.03. The van der Waals surface area contributed by atoms with Gasteiger partial charge in [-0.3, -0.25) is 0 Å². The molecule has 2 aliphatic heterocycles. The van der Waals surface area contributed by atoms with Crippen LogP contribution < -0.4 is 0 Å². The van der Waals surface area contributed by atoms with E-state index in [-0.39, 0.29) is 0 Å². The van der Waals surface area contributed by atoms with Crippen LogP contribution >= 0.6 is 11.8 Å². The fourth-order valence-electron chi connectivity index (χ4n) is 1.54. The van der Waals surface area contributed by atoms with Gasteiger partial charge in [-0.05, 0) is 12.3 Å². The normalized spacial score (nSPS) is 46.6. The summed E-state index contributed by atoms with van der Waals surface area (Å²) >= 11 is 1.99. The molecule has 2 heteroatoms. The molecule has 1 fully saturated rings. The smallest absolute Gasteiger partial charge is 0.0473 e. The fraction of sp³-hybridized carbons (Fsp3) is 0.714. The third-order valence-electron chi connectivity index (χ3n) is 2.08. The van der Waals surface area contributed by atoms with Gasteiger partial charge in [0.25, 0.3) is 0 Å². The van der Waals surface area contributed by atoms with Gasteiger partial charge in [0, 0.05) is 17.1 Å². The van der Waals surface area contributed by atoms with Gasteiger partial charge in [-0.25, -0.2) is 0 Å². The van der Waals surface area contributed by atoms with Crippen molar-refractivity contribution in [2.45, 2.75) is 16.9 Å². The first kappa shape index (κ1) is 5.81. The summed E-state index contributed by atoms with van der Waals surface area (Å²) in [4.78, 5) is 0. The molecule has 2 rings (SSSR count). The lowest BCUT2D eigenvalue weighted by Crippen LogP contribution is -2.15. The van der Waals surface area contributed by atoms with Gasteiger partial charge in [0.15, 0.2) is 0 Å². The van der Waals surface area contributed by atoms with E-state index in [0.29, 0.717) is 17.8 Å². The zero-order valence-electron chi connectivity index (χ0n) is 5.16. The Kier molecular flexibility index (Phi) is 1.31. The first-order valence-electron chi connectivity index (χ1n) is 3.35. The molecule has 0 aromatic rings. The van der Waals surface area contributed by atoms with E-state index >= 15 is 0 Å². The summed E-state index contributed by atoms with van der Waals surface area (Å²) in [7, 11) is 0. The molecular formula is C7H10OS. The molecule has 2 aliphatic rings. The van der Waals surface area contributed by atoms with Crippen LogP contribution in [0, 0.1) is 5.92 Å². The van der Waals surface area contributed by atoms with E-state index in [1.807, 2.05) is 11.8 Å². The van der Waals surface area contributed by atoms with Crippen LogP contribution in [0.1, 0.15) is 6.42 Å². The van der Waals surface area contributed by atoms with Crippen molar-refractivity contribution >= 4 is 11.8 Å². The Bertz CT molecular complexity index is 144. The molecule has 0 amide bonds. The molecule has 1 saturated heterocycles. The minimum atomic E-state index is 0.374. The van der Waals surface area contributed by atoms with Gasteiger partial charge >= 0.3 is 0 Å². The molecular weight excluding hydrogens is 132 g/mol. The monoisotopic (exact) mass is 142 g/mol. The van der Waals surface area contributed by atoms with Crippen LogP contribution in [0.5, 0.6) is 0 Å². The standard InChI is InChI=1S/C7H10OS/c8-4-5-3-6-1-2-7(5)9-6/h1-2,5-8H,3-4H2. The molecule has 0 spiro atoms. The van der Waals surface area contributed by atoms with Crippen molar-refractivity contribution in [3.8, 4) is 0 Å². The van der Waals surface area contributed by atoms with Crippen molar-refractivity contribution in [2.75, 3.05) is 6.61 Å². The van der Waals surface area contributed by atoms with Gasteiger partial charge in [0.1, 0.15) is 0 Å². The molecule has 9 heavy (non-hydrogen) atoms. The van der Waals surface area contributed by atoms with Crippen LogP contribution in [0.25, 0.3) is 0 Å². The van der Waals surface area contributed by atoms with Crippen LogP contribution in [0.2, 0.25) is 0 Å². The number of fused-ring (bicyclic) bond motifs is 2. The van der Waals surface area contributed by atoms with E-state index in [2.05, 4.69) is 12.2 Å². The molecule has 0 saturated carbocycles. The second-order valence-electron chi connectivity index (χ2n) is 2.70. The van der Waals surface area contributed by atoms with Crippen LogP contribution in [0.3, 0.4) is 0 Å². The summed E-state index contributed by atoms with van der Waals surface area (Å²) in [5, 5.41) is 10.2. The maximum Gasteiger partial charge on any atom is 0.0473 e. The third-order valence-corrected chi connectivity index (χ3v) is 3.64. The molecule has 0 aromatic heterocycles. The molecule has 1 N–H and O–H groups in total. The highest BCUT2D eigenvalue weighted by atomic mass is 32.2. The molecule has 1 nitrogen and oxygen atoms in total. The van der Waals surface area contributed by atoms with E-state index in [4.69, 9.17) is 5.11 Å². The number of rotatable bonds is 1. The van der Waals surface area contributed by atoms with Crippen molar-refractivity contribution in [1.82, 2.24) is 0 Å². The second-order valence-corrected chi connectivity index (χ2v) is 4.12. The van der Waals surface area contributed by atoms with Gasteiger partial charge in [-0.15, -0.1) is 11.8 Å². The Balaban J connectivity index is 2.10. The maximum atomic E-state index is 8.84. The highest BCUT2D eigenvalue weighted by molar-refractivity contribution is 8.01. The summed E-state index contributed by atoms with van der Waals surface area (Å²) in [6.07, 6.45) is 5.70. The topological polar surface area (TPSA) is 20.2 Å². The van der Waals surface area contributed by atoms with E-state index in [1.165, 1.54) is 6.42 Å². The molecule has 2 heterocycles. The Hall–Kier alpha value is 0.0500. The predicted octanol–water partition coefficient (Wildman–Crippen LogP) is 1.04. The quantitative estimate of drug-likeness (QED) is 0.552. The van der Waals surface area contributed by atoms with Crippen LogP contribution in [-0.2, 0) is 0 Å². The van der Waals surface area contributed by atoms with Gasteiger partial charge in [-0.1, -0.05) is 12.2 Å². The largest absolute Gasteiger partial charge is 0.396 e. The maximum absolute atomic E-state index is 8.84. The molecule has 50 valence electrons. The summed E-state index contributed by atoms with van der Waals surface area (Å²) in [5.41, 5.74) is 0. The van der Waals surface area contributed by atoms with E-state index < -0.39 is 0 Å². The minimum Gasteiger partial charge on any atom is -0.396 e. The average molecular weight is 142 g/mol. The number of hydrogen-bond acceptors (Lipinski definition) is 2. The molecule has 2 bridgehead atoms. The van der Waals surface area contributed by atoms with E-state index in [0.717, 1.165) is 5.25 Å². The molecule has 0 aromatic carbocycles. The Morgan fingerprint density at radius 1 is 1.56 bits per heavy atom. The lowest BCUT2D eigenvalue weighted by Gasteiger charge is -2.11. The molecule has 0 radical (unpaired) electrons. The minimum absolute atomic E-state index is 0.374. The number of aliphatic hydroxyl groups excluding tert-OH is 1. The SMILES string of the molecule is OCC1CC2C=CC1S2. The van der Waals surface area contributed by atoms with Crippen molar-refractivity contribution in [3.63, 3.8) is 0 Å². The predicted molar refractivity (Wildman–Crippen MR) is 39.5 cm³/mol. The summed E-state index contributed by atoms with van der Waals surface area (Å²) in [6, 6.07) is 0. The zero-order chi connectivity index (χ0) is 6.27. The zero-order valence-corrected chi connectivity index (χ0v) is 5.97. The Morgan fingerprint density at radius 3 is 2.78 bits per heavy atom. The van der Waals surface area contributed by atoms with E-state index in [9.17, 15) is 0 Å². The van der Waals surface area contributed by atoms with Crippen LogP contribution in [0.15, 0.2) is 12.2 Å². The van der Waals surface area contributed by atoms with Crippen LogP contribution in [0.4, 0.5) is 0 Å². The van der Waals surface area contributed by atoms with Gasteiger partial charge in [-0.2, -0.15) is 0 Å². The number of thioether (sulfide) groups is 1. The molecule has 3 unspecified atom stereocenters. The van der Waals surface area contributed by atoms with Gasteiger partial charge in [0.2, 0.25) is 0 Å². The average Bonchev–Trinajstić information content (AvgIpc) is 2.45. The number of aliphatic hydroxyl groups is 1. The van der Waals surface area contributed by atoms with Crippen molar-refractivity contribution in [3.05, 3.63) is 12.2 Å². The summed E-state index contributed by atoms with van der Waals surface area (Å²) in [5.74, 6) is 0.560. The van der Waals surface area contributed by atoms with Gasteiger partial charge in [0.05, 0.1) is 0 Å². The van der Waals surface area contributed by atoms with Gasteiger partial charge < -0.3 is 5.11 Å². The van der Waals surface area contributed by atoms with E-state index in [1.54, 1.807) is 0 Å². The number of hydrogen-bond donors (Lipinski definition) is 1. The third kappa shape index (κ3) is 0.812. The fourth-order valence-corrected chi connectivity index (χ4v) is 3.08. The Morgan fingerprint density at radius 2 is 2.44 bits per heavy atom. The lowest BCUT2D eigenvalue weighted by atomic mass is 9.96. The summed E-state index contributed by atoms with van der Waals surface area (Å²) in [6.45, 7) is 0.374. The Labute approximate surface area is 59.1 Å². The highest BCUT2D eigenvalue weighted by Crippen LogP contribution is 2.44.